The number of hydrogen-bond acceptors (Lipinski definition) is 5. The number of nitrogens with one attached hydrogen (secondary N) is 1. The summed E-state index contributed by atoms with van der Waals surface area (Å²) in [6.07, 6.45) is 4.49. The van der Waals surface area contributed by atoms with Gasteiger partial charge in [-0.05, 0) is 54.2 Å². The molecule has 0 amide bonds. The van der Waals surface area contributed by atoms with Gasteiger partial charge in [0.2, 0.25) is 10.0 Å². The number of rotatable bonds is 8. The third kappa shape index (κ3) is 5.87. The molecule has 2 heterocycles. The van der Waals surface area contributed by atoms with Gasteiger partial charge >= 0.3 is 0 Å². The number of sulfonamides is 2. The van der Waals surface area contributed by atoms with Crippen LogP contribution in [0.1, 0.15) is 24.0 Å². The van der Waals surface area contributed by atoms with Crippen LogP contribution in [0.2, 0.25) is 0 Å². The van der Waals surface area contributed by atoms with Gasteiger partial charge in [-0.2, -0.15) is 4.31 Å². The van der Waals surface area contributed by atoms with Crippen LogP contribution < -0.4 is 4.72 Å². The first-order valence-corrected chi connectivity index (χ1v) is 13.5. The molecule has 0 aliphatic carbocycles. The SMILES string of the molecule is CS(=O)(=O)NCCc1ccc(CC2CCN(S(=O)(=O)c3cccs3)CC2)cc1. The van der Waals surface area contributed by atoms with Crippen molar-refractivity contribution in [3.05, 3.63) is 52.9 Å². The molecule has 9 heteroatoms. The predicted molar refractivity (Wildman–Crippen MR) is 112 cm³/mol. The molecular formula is C19H26N2O4S3. The smallest absolute Gasteiger partial charge is 0.215 e. The Morgan fingerprint density at radius 3 is 2.25 bits per heavy atom. The quantitative estimate of drug-likeness (QED) is 0.681. The lowest BCUT2D eigenvalue weighted by Gasteiger charge is -2.30. The van der Waals surface area contributed by atoms with Crippen LogP contribution in [-0.2, 0) is 32.9 Å². The highest BCUT2D eigenvalue weighted by Crippen LogP contribution is 2.28. The van der Waals surface area contributed by atoms with E-state index >= 15 is 0 Å². The van der Waals surface area contributed by atoms with Crippen LogP contribution in [0.25, 0.3) is 0 Å². The molecule has 1 fully saturated rings. The van der Waals surface area contributed by atoms with Crippen LogP contribution >= 0.6 is 11.3 Å². The van der Waals surface area contributed by atoms with Crippen LogP contribution in [0.4, 0.5) is 0 Å². The zero-order chi connectivity index (χ0) is 20.2. The third-order valence-corrected chi connectivity index (χ3v) is 8.99. The van der Waals surface area contributed by atoms with Crippen molar-refractivity contribution in [3.8, 4) is 0 Å². The Kier molecular flexibility index (Phi) is 6.93. The average Bonchev–Trinajstić information content (AvgIpc) is 3.18. The van der Waals surface area contributed by atoms with Gasteiger partial charge < -0.3 is 0 Å². The lowest BCUT2D eigenvalue weighted by Crippen LogP contribution is -2.38. The summed E-state index contributed by atoms with van der Waals surface area (Å²) in [5, 5.41) is 1.79. The van der Waals surface area contributed by atoms with Crippen molar-refractivity contribution in [2.24, 2.45) is 5.92 Å². The summed E-state index contributed by atoms with van der Waals surface area (Å²) in [4.78, 5) is 0. The maximum atomic E-state index is 12.6. The molecule has 1 N–H and O–H groups in total. The van der Waals surface area contributed by atoms with Crippen molar-refractivity contribution in [1.29, 1.82) is 0 Å². The zero-order valence-electron chi connectivity index (χ0n) is 15.9. The van der Waals surface area contributed by atoms with E-state index in [0.29, 0.717) is 36.2 Å². The molecule has 1 aliphatic rings. The van der Waals surface area contributed by atoms with Gasteiger partial charge in [-0.1, -0.05) is 30.3 Å². The lowest BCUT2D eigenvalue weighted by atomic mass is 9.90. The van der Waals surface area contributed by atoms with E-state index in [1.165, 1.54) is 16.9 Å². The fraction of sp³-hybridized carbons (Fsp3) is 0.474. The highest BCUT2D eigenvalue weighted by Gasteiger charge is 2.29. The van der Waals surface area contributed by atoms with E-state index in [0.717, 1.165) is 31.1 Å². The van der Waals surface area contributed by atoms with Gasteiger partial charge in [0.05, 0.1) is 6.26 Å². The van der Waals surface area contributed by atoms with Crippen LogP contribution in [-0.4, -0.2) is 47.0 Å². The molecule has 1 aromatic heterocycles. The molecule has 0 bridgehead atoms. The van der Waals surface area contributed by atoms with Gasteiger partial charge in [0.25, 0.3) is 10.0 Å². The Labute approximate surface area is 171 Å². The minimum Gasteiger partial charge on any atom is -0.215 e. The molecule has 1 saturated heterocycles. The van der Waals surface area contributed by atoms with E-state index in [2.05, 4.69) is 16.9 Å². The molecule has 2 aromatic rings. The second-order valence-electron chi connectivity index (χ2n) is 7.22. The van der Waals surface area contributed by atoms with E-state index in [9.17, 15) is 16.8 Å². The van der Waals surface area contributed by atoms with E-state index in [4.69, 9.17) is 0 Å². The highest BCUT2D eigenvalue weighted by molar-refractivity contribution is 7.91. The van der Waals surface area contributed by atoms with Gasteiger partial charge in [0.1, 0.15) is 4.21 Å². The molecule has 6 nitrogen and oxygen atoms in total. The maximum Gasteiger partial charge on any atom is 0.252 e. The summed E-state index contributed by atoms with van der Waals surface area (Å²) in [6, 6.07) is 11.7. The van der Waals surface area contributed by atoms with Crippen LogP contribution in [0, 0.1) is 5.92 Å². The second kappa shape index (κ2) is 9.04. The summed E-state index contributed by atoms with van der Waals surface area (Å²) >= 11 is 1.27. The molecule has 1 aliphatic heterocycles. The molecular weight excluding hydrogens is 416 g/mol. The Bertz CT molecular complexity index is 961. The van der Waals surface area contributed by atoms with Crippen LogP contribution in [0.3, 0.4) is 0 Å². The first-order chi connectivity index (χ1) is 13.2. The molecule has 0 saturated carbocycles. The molecule has 0 unspecified atom stereocenters. The van der Waals surface area contributed by atoms with Crippen molar-refractivity contribution < 1.29 is 16.8 Å². The normalized spacial score (nSPS) is 17.0. The van der Waals surface area contributed by atoms with E-state index < -0.39 is 20.0 Å². The largest absolute Gasteiger partial charge is 0.252 e. The fourth-order valence-electron chi connectivity index (χ4n) is 3.45. The van der Waals surface area contributed by atoms with E-state index in [-0.39, 0.29) is 0 Å². The van der Waals surface area contributed by atoms with Gasteiger partial charge in [-0.25, -0.2) is 21.6 Å². The summed E-state index contributed by atoms with van der Waals surface area (Å²) in [5.74, 6) is 0.479. The van der Waals surface area contributed by atoms with Gasteiger partial charge in [-0.3, -0.25) is 0 Å². The van der Waals surface area contributed by atoms with Crippen LogP contribution in [0.15, 0.2) is 46.0 Å². The standard InChI is InChI=1S/C19H26N2O4S3/c1-27(22,23)20-11-8-16-4-6-17(7-5-16)15-18-9-12-21(13-10-18)28(24,25)19-3-2-14-26-19/h2-7,14,18,20H,8-13,15H2,1H3. The fourth-order valence-corrected chi connectivity index (χ4v) is 6.53. The van der Waals surface area contributed by atoms with Crippen molar-refractivity contribution in [2.45, 2.75) is 29.9 Å². The highest BCUT2D eigenvalue weighted by atomic mass is 32.2. The minimum atomic E-state index is -3.34. The van der Waals surface area contributed by atoms with Crippen LogP contribution in [0.5, 0.6) is 0 Å². The number of thiophene rings is 1. The molecule has 3 rings (SSSR count). The molecule has 0 spiro atoms. The first kappa shape index (κ1) is 21.4. The average molecular weight is 443 g/mol. The second-order valence-corrected chi connectivity index (χ2v) is 12.2. The number of hydrogen-bond donors (Lipinski definition) is 1. The minimum absolute atomic E-state index is 0.398. The van der Waals surface area contributed by atoms with Crippen molar-refractivity contribution >= 4 is 31.4 Å². The van der Waals surface area contributed by atoms with E-state index in [1.807, 2.05) is 12.1 Å². The summed E-state index contributed by atoms with van der Waals surface area (Å²) in [5.41, 5.74) is 2.33. The van der Waals surface area contributed by atoms with Gasteiger partial charge in [-0.15, -0.1) is 11.3 Å². The molecule has 28 heavy (non-hydrogen) atoms. The van der Waals surface area contributed by atoms with Gasteiger partial charge in [0, 0.05) is 19.6 Å². The maximum absolute atomic E-state index is 12.6. The lowest BCUT2D eigenvalue weighted by molar-refractivity contribution is 0.273. The van der Waals surface area contributed by atoms with E-state index in [1.54, 1.807) is 21.8 Å². The Morgan fingerprint density at radius 1 is 1.04 bits per heavy atom. The molecule has 154 valence electrons. The Hall–Kier alpha value is -1.26. The predicted octanol–water partition coefficient (Wildman–Crippen LogP) is 2.48. The van der Waals surface area contributed by atoms with Crippen molar-refractivity contribution in [2.75, 3.05) is 25.9 Å². The molecule has 0 radical (unpaired) electrons. The zero-order valence-corrected chi connectivity index (χ0v) is 18.3. The molecule has 0 atom stereocenters. The van der Waals surface area contributed by atoms with Gasteiger partial charge in [0.15, 0.2) is 0 Å². The molecule has 1 aromatic carbocycles. The number of benzene rings is 1. The summed E-state index contributed by atoms with van der Waals surface area (Å²) < 4.78 is 51.9. The summed E-state index contributed by atoms with van der Waals surface area (Å²) in [7, 11) is -6.48. The topological polar surface area (TPSA) is 83.6 Å². The monoisotopic (exact) mass is 442 g/mol. The van der Waals surface area contributed by atoms with Crippen molar-refractivity contribution in [3.63, 3.8) is 0 Å². The Morgan fingerprint density at radius 2 is 1.68 bits per heavy atom. The first-order valence-electron chi connectivity index (χ1n) is 9.30. The van der Waals surface area contributed by atoms with Crippen molar-refractivity contribution in [1.82, 2.24) is 9.03 Å². The number of nitrogens with zero attached hydrogens (tertiary/aromatic N) is 1. The Balaban J connectivity index is 1.48. The summed E-state index contributed by atoms with van der Waals surface area (Å²) in [6.45, 7) is 1.54. The third-order valence-electron chi connectivity index (χ3n) is 4.99. The number of piperidine rings is 1.